The molecule has 0 bridgehead atoms. The highest BCUT2D eigenvalue weighted by Crippen LogP contribution is 2.10. The number of nitrogens with one attached hydrogen (secondary N) is 1. The molecule has 6 nitrogen and oxygen atoms in total. The number of aromatic nitrogens is 2. The van der Waals surface area contributed by atoms with Crippen molar-refractivity contribution in [3.63, 3.8) is 0 Å². The Morgan fingerprint density at radius 1 is 1.26 bits per heavy atom. The van der Waals surface area contributed by atoms with Gasteiger partial charge in [-0.3, -0.25) is 9.20 Å². The van der Waals surface area contributed by atoms with Gasteiger partial charge in [0.25, 0.3) is 5.56 Å². The van der Waals surface area contributed by atoms with Crippen LogP contribution >= 0.6 is 0 Å². The maximum atomic E-state index is 12.3. The minimum absolute atomic E-state index is 0.0207. The van der Waals surface area contributed by atoms with Gasteiger partial charge in [-0.1, -0.05) is 0 Å². The van der Waals surface area contributed by atoms with Gasteiger partial charge >= 0.3 is 0 Å². The third kappa shape index (κ3) is 4.12. The van der Waals surface area contributed by atoms with E-state index in [2.05, 4.69) is 16.4 Å². The van der Waals surface area contributed by atoms with Crippen molar-refractivity contribution >= 4 is 5.65 Å². The number of furan rings is 1. The van der Waals surface area contributed by atoms with Crippen LogP contribution in [0, 0.1) is 6.92 Å². The van der Waals surface area contributed by atoms with Crippen LogP contribution in [0.1, 0.15) is 42.3 Å². The highest BCUT2D eigenvalue weighted by atomic mass is 16.3. The van der Waals surface area contributed by atoms with E-state index in [9.17, 15) is 4.79 Å². The highest BCUT2D eigenvalue weighted by molar-refractivity contribution is 5.41. The average molecular weight is 368 g/mol. The van der Waals surface area contributed by atoms with Crippen LogP contribution in [0.25, 0.3) is 5.65 Å². The van der Waals surface area contributed by atoms with Crippen LogP contribution in [-0.4, -0.2) is 29.0 Å². The molecular formula is C21H28N4O2+2. The molecule has 0 radical (unpaired) electrons. The van der Waals surface area contributed by atoms with Gasteiger partial charge in [0, 0.05) is 12.3 Å². The predicted molar refractivity (Wildman–Crippen MR) is 103 cm³/mol. The van der Waals surface area contributed by atoms with Crippen molar-refractivity contribution in [2.24, 2.45) is 0 Å². The van der Waals surface area contributed by atoms with Crippen LogP contribution in [0.3, 0.4) is 0 Å². The van der Waals surface area contributed by atoms with Crippen molar-refractivity contribution in [3.8, 4) is 0 Å². The summed E-state index contributed by atoms with van der Waals surface area (Å²) in [6.07, 6.45) is 7.46. The standard InChI is InChI=1S/C21H26N4O2/c1-16-7-10-25-20(12-16)23-17(13-21(25)26)14-22-15-18(19-6-5-11-27-19)24-8-3-2-4-9-24/h5-7,10-13,18,22H,2-4,8-9,14-15H2,1H3/p+2/t18-/m1/s1. The second-order valence-electron chi connectivity index (χ2n) is 7.53. The number of likely N-dealkylation sites (tertiary alicyclic amines) is 1. The highest BCUT2D eigenvalue weighted by Gasteiger charge is 2.29. The molecule has 0 unspecified atom stereocenters. The minimum atomic E-state index is -0.0207. The first-order valence-electron chi connectivity index (χ1n) is 9.89. The van der Waals surface area contributed by atoms with Gasteiger partial charge in [-0.25, -0.2) is 4.98 Å². The number of fused-ring (bicyclic) bond motifs is 1. The van der Waals surface area contributed by atoms with E-state index in [-0.39, 0.29) is 5.56 Å². The van der Waals surface area contributed by atoms with Crippen LogP contribution < -0.4 is 15.8 Å². The number of pyridine rings is 1. The van der Waals surface area contributed by atoms with Gasteiger partial charge in [0.1, 0.15) is 24.4 Å². The van der Waals surface area contributed by atoms with Crippen molar-refractivity contribution in [1.82, 2.24) is 9.38 Å². The monoisotopic (exact) mass is 368 g/mol. The molecule has 3 aromatic heterocycles. The minimum Gasteiger partial charge on any atom is -0.463 e. The molecule has 4 heterocycles. The van der Waals surface area contributed by atoms with Gasteiger partial charge in [0.15, 0.2) is 11.8 Å². The Bertz CT molecular complexity index is 942. The van der Waals surface area contributed by atoms with Crippen molar-refractivity contribution in [2.75, 3.05) is 19.6 Å². The van der Waals surface area contributed by atoms with Crippen molar-refractivity contribution in [2.45, 2.75) is 38.8 Å². The van der Waals surface area contributed by atoms with Gasteiger partial charge in [-0.2, -0.15) is 0 Å². The lowest BCUT2D eigenvalue weighted by Crippen LogP contribution is -3.15. The molecule has 1 aliphatic rings. The molecule has 4 rings (SSSR count). The van der Waals surface area contributed by atoms with Gasteiger partial charge in [-0.15, -0.1) is 0 Å². The van der Waals surface area contributed by atoms with Gasteiger partial charge in [0.05, 0.1) is 19.4 Å². The van der Waals surface area contributed by atoms with Crippen LogP contribution in [0.4, 0.5) is 0 Å². The molecule has 27 heavy (non-hydrogen) atoms. The third-order valence-corrected chi connectivity index (χ3v) is 5.51. The summed E-state index contributed by atoms with van der Waals surface area (Å²) in [4.78, 5) is 18.6. The first-order chi connectivity index (χ1) is 13.2. The number of hydrogen-bond donors (Lipinski definition) is 2. The molecule has 0 aromatic carbocycles. The summed E-state index contributed by atoms with van der Waals surface area (Å²) in [7, 11) is 0. The zero-order valence-electron chi connectivity index (χ0n) is 15.9. The van der Waals surface area contributed by atoms with Gasteiger partial charge in [-0.05, 0) is 56.0 Å². The third-order valence-electron chi connectivity index (χ3n) is 5.51. The van der Waals surface area contributed by atoms with E-state index in [1.54, 1.807) is 27.8 Å². The summed E-state index contributed by atoms with van der Waals surface area (Å²) in [6.45, 7) is 6.05. The first-order valence-corrected chi connectivity index (χ1v) is 9.89. The van der Waals surface area contributed by atoms with E-state index in [1.165, 1.54) is 32.4 Å². The summed E-state index contributed by atoms with van der Waals surface area (Å²) in [5.74, 6) is 1.06. The lowest BCUT2D eigenvalue weighted by Gasteiger charge is -2.29. The summed E-state index contributed by atoms with van der Waals surface area (Å²) in [5.41, 5.74) is 2.63. The van der Waals surface area contributed by atoms with Gasteiger partial charge < -0.3 is 14.6 Å². The lowest BCUT2D eigenvalue weighted by molar-refractivity contribution is -0.951. The summed E-state index contributed by atoms with van der Waals surface area (Å²) < 4.78 is 7.33. The van der Waals surface area contributed by atoms with Crippen LogP contribution in [0.5, 0.6) is 0 Å². The van der Waals surface area contributed by atoms with E-state index in [4.69, 9.17) is 4.42 Å². The number of piperidine rings is 1. The molecule has 1 atom stereocenters. The molecule has 0 amide bonds. The molecule has 0 saturated carbocycles. The Kier molecular flexibility index (Phi) is 5.36. The van der Waals surface area contributed by atoms with E-state index < -0.39 is 0 Å². The Balaban J connectivity index is 1.47. The number of hydrogen-bond acceptors (Lipinski definition) is 3. The summed E-state index contributed by atoms with van der Waals surface area (Å²) in [6, 6.07) is 9.94. The Morgan fingerprint density at radius 2 is 2.11 bits per heavy atom. The zero-order valence-corrected chi connectivity index (χ0v) is 15.9. The smallest absolute Gasteiger partial charge is 0.258 e. The quantitative estimate of drug-likeness (QED) is 0.665. The second kappa shape index (κ2) is 8.06. The number of aryl methyl sites for hydroxylation is 1. The zero-order chi connectivity index (χ0) is 18.6. The molecule has 1 fully saturated rings. The summed E-state index contributed by atoms with van der Waals surface area (Å²) >= 11 is 0. The maximum Gasteiger partial charge on any atom is 0.258 e. The SMILES string of the molecule is Cc1ccn2c(=O)cc(C[NH2+]C[C@H](c3ccco3)[NH+]3CCCCC3)nc2c1. The molecular weight excluding hydrogens is 340 g/mol. The number of rotatable bonds is 6. The van der Waals surface area contributed by atoms with Crippen molar-refractivity contribution in [1.29, 1.82) is 0 Å². The van der Waals surface area contributed by atoms with Crippen LogP contribution in [0.2, 0.25) is 0 Å². The first kappa shape index (κ1) is 17.9. The Labute approximate surface area is 158 Å². The molecule has 0 spiro atoms. The van der Waals surface area contributed by atoms with Crippen LogP contribution in [0.15, 0.2) is 52.0 Å². The largest absolute Gasteiger partial charge is 0.463 e. The predicted octanol–water partition coefficient (Wildman–Crippen LogP) is 0.469. The molecule has 6 heteroatoms. The topological polar surface area (TPSA) is 68.6 Å². The van der Waals surface area contributed by atoms with Gasteiger partial charge in [0.2, 0.25) is 0 Å². The van der Waals surface area contributed by atoms with E-state index in [0.717, 1.165) is 29.2 Å². The second-order valence-corrected chi connectivity index (χ2v) is 7.53. The molecule has 0 aliphatic carbocycles. The Hall–Kier alpha value is -2.44. The number of nitrogens with zero attached hydrogens (tertiary/aromatic N) is 2. The molecule has 3 aromatic rings. The maximum absolute atomic E-state index is 12.3. The molecule has 142 valence electrons. The average Bonchev–Trinajstić information content (AvgIpc) is 3.20. The van der Waals surface area contributed by atoms with E-state index >= 15 is 0 Å². The van der Waals surface area contributed by atoms with Crippen molar-refractivity contribution in [3.05, 3.63) is 70.2 Å². The fourth-order valence-corrected chi connectivity index (χ4v) is 4.08. The van der Waals surface area contributed by atoms with Crippen molar-refractivity contribution < 1.29 is 14.6 Å². The normalized spacial score (nSPS) is 16.6. The van der Waals surface area contributed by atoms with Crippen LogP contribution in [-0.2, 0) is 6.54 Å². The Morgan fingerprint density at radius 3 is 2.89 bits per heavy atom. The summed E-state index contributed by atoms with van der Waals surface area (Å²) in [5, 5.41) is 2.25. The van der Waals surface area contributed by atoms with E-state index in [1.807, 2.05) is 25.1 Å². The molecule has 3 N–H and O–H groups in total. The lowest BCUT2D eigenvalue weighted by atomic mass is 10.1. The van der Waals surface area contributed by atoms with E-state index in [0.29, 0.717) is 12.6 Å². The number of nitrogens with two attached hydrogens (primary N) is 1. The molecule has 1 saturated heterocycles. The molecule has 1 aliphatic heterocycles. The fraction of sp³-hybridized carbons (Fsp3) is 0.429. The fourth-order valence-electron chi connectivity index (χ4n) is 4.08. The number of quaternary nitrogens is 2.